The molecule has 3 aromatic heterocycles. The third kappa shape index (κ3) is 5.60. The fourth-order valence-corrected chi connectivity index (χ4v) is 7.79. The molecule has 7 aromatic carbocycles. The van der Waals surface area contributed by atoms with Gasteiger partial charge in [0.15, 0.2) is 0 Å². The van der Waals surface area contributed by atoms with E-state index in [1.165, 1.54) is 10.9 Å². The van der Waals surface area contributed by atoms with Crippen molar-refractivity contribution in [1.29, 1.82) is 0 Å². The van der Waals surface area contributed by atoms with E-state index in [4.69, 9.17) is 15.0 Å². The molecule has 0 atom stereocenters. The Bertz CT molecular complexity index is 2840. The molecule has 54 heavy (non-hydrogen) atoms. The van der Waals surface area contributed by atoms with Crippen molar-refractivity contribution >= 4 is 32.4 Å². The van der Waals surface area contributed by atoms with E-state index in [9.17, 15) is 0 Å². The Morgan fingerprint density at radius 3 is 1.07 bits per heavy atom. The second kappa shape index (κ2) is 13.4. The van der Waals surface area contributed by atoms with Gasteiger partial charge in [0, 0.05) is 44.6 Å². The van der Waals surface area contributed by atoms with E-state index in [2.05, 4.69) is 188 Å². The summed E-state index contributed by atoms with van der Waals surface area (Å²) in [6.07, 6.45) is 2.07. The monoisotopic (exact) mass is 687 g/mol. The van der Waals surface area contributed by atoms with Gasteiger partial charge < -0.3 is 0 Å². The van der Waals surface area contributed by atoms with Crippen LogP contribution in [0.25, 0.3) is 99.7 Å². The summed E-state index contributed by atoms with van der Waals surface area (Å²) in [4.78, 5) is 15.6. The number of rotatable bonds is 6. The SMILES string of the molecule is c1ccc(-c2cc(-c3c4ccccc4c(-c4cc(-c5ccccc5)nc(-c5ccccc5)c4)c4c3cnc3ccccc34)cc(-c3ccccc3)n2)cc1. The normalized spacial score (nSPS) is 11.3. The smallest absolute Gasteiger partial charge is 0.0715 e. The molecule has 0 aliphatic heterocycles. The van der Waals surface area contributed by atoms with Crippen LogP contribution in [0.4, 0.5) is 0 Å². The maximum atomic E-state index is 5.24. The molecule has 0 saturated heterocycles. The molecule has 252 valence electrons. The first-order chi connectivity index (χ1) is 26.8. The van der Waals surface area contributed by atoms with Crippen molar-refractivity contribution in [3.05, 3.63) is 200 Å². The minimum absolute atomic E-state index is 0.927. The number of pyridine rings is 3. The summed E-state index contributed by atoms with van der Waals surface area (Å²) in [6, 6.07) is 68.2. The van der Waals surface area contributed by atoms with Gasteiger partial charge in [-0.3, -0.25) is 4.98 Å². The summed E-state index contributed by atoms with van der Waals surface area (Å²) in [6.45, 7) is 0. The van der Waals surface area contributed by atoms with Crippen molar-refractivity contribution in [2.75, 3.05) is 0 Å². The average molecular weight is 688 g/mol. The van der Waals surface area contributed by atoms with Crippen molar-refractivity contribution < 1.29 is 0 Å². The van der Waals surface area contributed by atoms with Crippen LogP contribution in [0.3, 0.4) is 0 Å². The van der Waals surface area contributed by atoms with Gasteiger partial charge in [-0.05, 0) is 63.4 Å². The van der Waals surface area contributed by atoms with E-state index in [0.717, 1.165) is 88.8 Å². The molecular weight excluding hydrogens is 655 g/mol. The Balaban J connectivity index is 1.34. The molecule has 0 aliphatic rings. The van der Waals surface area contributed by atoms with Crippen LogP contribution < -0.4 is 0 Å². The average Bonchev–Trinajstić information content (AvgIpc) is 3.26. The predicted molar refractivity (Wildman–Crippen MR) is 225 cm³/mol. The van der Waals surface area contributed by atoms with Gasteiger partial charge in [0.25, 0.3) is 0 Å². The van der Waals surface area contributed by atoms with Crippen LogP contribution in [0, 0.1) is 0 Å². The number of hydrogen-bond acceptors (Lipinski definition) is 3. The highest BCUT2D eigenvalue weighted by atomic mass is 14.7. The van der Waals surface area contributed by atoms with E-state index in [1.807, 2.05) is 12.1 Å². The minimum atomic E-state index is 0.927. The molecule has 0 fully saturated rings. The Morgan fingerprint density at radius 1 is 0.278 bits per heavy atom. The van der Waals surface area contributed by atoms with Gasteiger partial charge in [0.1, 0.15) is 0 Å². The number of fused-ring (bicyclic) bond motifs is 4. The predicted octanol–water partition coefficient (Wildman–Crippen LogP) is 13.3. The molecule has 0 bridgehead atoms. The van der Waals surface area contributed by atoms with Gasteiger partial charge in [-0.15, -0.1) is 0 Å². The number of para-hydroxylation sites is 1. The lowest BCUT2D eigenvalue weighted by Gasteiger charge is -2.20. The van der Waals surface area contributed by atoms with Gasteiger partial charge >= 0.3 is 0 Å². The summed E-state index contributed by atoms with van der Waals surface area (Å²) in [7, 11) is 0. The third-order valence-electron chi connectivity index (χ3n) is 10.3. The van der Waals surface area contributed by atoms with Gasteiger partial charge in [0.05, 0.1) is 28.3 Å². The molecular formula is C51H33N3. The summed E-state index contributed by atoms with van der Waals surface area (Å²) in [5.74, 6) is 0. The maximum absolute atomic E-state index is 5.24. The first-order valence-corrected chi connectivity index (χ1v) is 18.3. The standard InChI is InChI=1S/C51H33N3/c1-5-17-34(18-6-1)45-29-38(30-46(53-45)35-19-7-2-8-20-35)49-40-25-13-14-26-41(40)50(51-42-27-15-16-28-44(42)52-33-43(49)51)39-31-47(36-21-9-3-10-22-36)54-48(32-39)37-23-11-4-12-24-37/h1-33H. The van der Waals surface area contributed by atoms with Gasteiger partial charge in [-0.2, -0.15) is 0 Å². The Kier molecular flexibility index (Phi) is 7.81. The second-order valence-electron chi connectivity index (χ2n) is 13.6. The molecule has 10 aromatic rings. The van der Waals surface area contributed by atoms with Gasteiger partial charge in [0.2, 0.25) is 0 Å². The van der Waals surface area contributed by atoms with Crippen molar-refractivity contribution in [2.24, 2.45) is 0 Å². The highest BCUT2D eigenvalue weighted by molar-refractivity contribution is 6.27. The molecule has 0 amide bonds. The van der Waals surface area contributed by atoms with Crippen LogP contribution in [0.1, 0.15) is 0 Å². The van der Waals surface area contributed by atoms with E-state index in [1.54, 1.807) is 0 Å². The molecule has 10 rings (SSSR count). The van der Waals surface area contributed by atoms with Crippen LogP contribution in [0.5, 0.6) is 0 Å². The van der Waals surface area contributed by atoms with E-state index in [0.29, 0.717) is 0 Å². The topological polar surface area (TPSA) is 38.7 Å². The highest BCUT2D eigenvalue weighted by Gasteiger charge is 2.22. The zero-order valence-corrected chi connectivity index (χ0v) is 29.4. The zero-order chi connectivity index (χ0) is 35.8. The lowest BCUT2D eigenvalue weighted by Crippen LogP contribution is -1.97. The molecule has 3 nitrogen and oxygen atoms in total. The molecule has 0 saturated carbocycles. The molecule has 0 unspecified atom stereocenters. The zero-order valence-electron chi connectivity index (χ0n) is 29.4. The highest BCUT2D eigenvalue weighted by Crippen LogP contribution is 2.47. The van der Waals surface area contributed by atoms with Crippen LogP contribution in [0.15, 0.2) is 200 Å². The Morgan fingerprint density at radius 2 is 0.630 bits per heavy atom. The quantitative estimate of drug-likeness (QED) is 0.129. The molecule has 3 heteroatoms. The lowest BCUT2D eigenvalue weighted by atomic mass is 9.84. The number of nitrogens with zero attached hydrogens (tertiary/aromatic N) is 3. The molecule has 0 radical (unpaired) electrons. The van der Waals surface area contributed by atoms with Crippen LogP contribution in [-0.2, 0) is 0 Å². The number of aromatic nitrogens is 3. The first-order valence-electron chi connectivity index (χ1n) is 18.3. The molecule has 0 N–H and O–H groups in total. The summed E-state index contributed by atoms with van der Waals surface area (Å²) in [5, 5.41) is 5.68. The van der Waals surface area contributed by atoms with Crippen LogP contribution >= 0.6 is 0 Å². The fourth-order valence-electron chi connectivity index (χ4n) is 7.79. The van der Waals surface area contributed by atoms with Crippen molar-refractivity contribution in [3.8, 4) is 67.3 Å². The summed E-state index contributed by atoms with van der Waals surface area (Å²) < 4.78 is 0. The van der Waals surface area contributed by atoms with E-state index >= 15 is 0 Å². The van der Waals surface area contributed by atoms with Crippen LogP contribution in [-0.4, -0.2) is 15.0 Å². The lowest BCUT2D eigenvalue weighted by molar-refractivity contribution is 1.32. The van der Waals surface area contributed by atoms with Crippen molar-refractivity contribution in [2.45, 2.75) is 0 Å². The maximum Gasteiger partial charge on any atom is 0.0715 e. The van der Waals surface area contributed by atoms with E-state index < -0.39 is 0 Å². The van der Waals surface area contributed by atoms with Gasteiger partial charge in [-0.25, -0.2) is 9.97 Å². The van der Waals surface area contributed by atoms with Crippen LogP contribution in [0.2, 0.25) is 0 Å². The molecule has 3 heterocycles. The number of benzene rings is 7. The molecule has 0 spiro atoms. The summed E-state index contributed by atoms with van der Waals surface area (Å²) in [5.41, 5.74) is 13.5. The van der Waals surface area contributed by atoms with Crippen molar-refractivity contribution in [3.63, 3.8) is 0 Å². The van der Waals surface area contributed by atoms with Crippen molar-refractivity contribution in [1.82, 2.24) is 15.0 Å². The Hall–Kier alpha value is -7.23. The largest absolute Gasteiger partial charge is 0.256 e. The second-order valence-corrected chi connectivity index (χ2v) is 13.6. The number of hydrogen-bond donors (Lipinski definition) is 0. The fraction of sp³-hybridized carbons (Fsp3) is 0. The minimum Gasteiger partial charge on any atom is -0.256 e. The molecule has 0 aliphatic carbocycles. The Labute approximate surface area is 313 Å². The summed E-state index contributed by atoms with van der Waals surface area (Å²) >= 11 is 0. The van der Waals surface area contributed by atoms with Gasteiger partial charge in [-0.1, -0.05) is 164 Å². The van der Waals surface area contributed by atoms with E-state index in [-0.39, 0.29) is 0 Å². The first kappa shape index (κ1) is 31.5. The third-order valence-corrected chi connectivity index (χ3v) is 10.3.